The lowest BCUT2D eigenvalue weighted by molar-refractivity contribution is -0.137. The van der Waals surface area contributed by atoms with E-state index in [9.17, 15) is 13.2 Å². The summed E-state index contributed by atoms with van der Waals surface area (Å²) in [5.74, 6) is -1.04. The van der Waals surface area contributed by atoms with Crippen molar-refractivity contribution in [3.05, 3.63) is 0 Å². The second-order valence-corrected chi connectivity index (χ2v) is 6.07. The first-order chi connectivity index (χ1) is 7.67. The highest BCUT2D eigenvalue weighted by Crippen LogP contribution is 2.06. The van der Waals surface area contributed by atoms with Crippen molar-refractivity contribution in [2.45, 2.75) is 25.9 Å². The molecular weight excluding hydrogens is 248 g/mol. The summed E-state index contributed by atoms with van der Waals surface area (Å²) in [6.07, 6.45) is -0.473. The molecule has 8 heteroatoms. The highest BCUT2D eigenvalue weighted by atomic mass is 32.2. The van der Waals surface area contributed by atoms with Gasteiger partial charge in [-0.15, -0.1) is 0 Å². The smallest absolute Gasteiger partial charge is 0.304 e. The standard InChI is InChI=1S/C9H20N2O5S/c1-8(12)4-6-10(2)17(15,16)11(3)7-5-9(13)14/h8,12H,4-7H2,1-3H3,(H,13,14). The molecule has 0 aliphatic rings. The Morgan fingerprint density at radius 3 is 2.12 bits per heavy atom. The van der Waals surface area contributed by atoms with Gasteiger partial charge in [-0.2, -0.15) is 17.0 Å². The summed E-state index contributed by atoms with van der Waals surface area (Å²) in [5, 5.41) is 17.5. The highest BCUT2D eigenvalue weighted by Gasteiger charge is 2.23. The zero-order valence-electron chi connectivity index (χ0n) is 10.3. The summed E-state index contributed by atoms with van der Waals surface area (Å²) in [7, 11) is -0.910. The molecule has 0 fully saturated rings. The van der Waals surface area contributed by atoms with Crippen LogP contribution in [0.25, 0.3) is 0 Å². The number of rotatable bonds is 8. The summed E-state index contributed by atoms with van der Waals surface area (Å²) in [5.41, 5.74) is 0. The number of aliphatic hydroxyl groups excluding tert-OH is 1. The lowest BCUT2D eigenvalue weighted by atomic mass is 10.3. The monoisotopic (exact) mass is 268 g/mol. The largest absolute Gasteiger partial charge is 0.481 e. The molecule has 102 valence electrons. The van der Waals surface area contributed by atoms with Crippen LogP contribution in [0.1, 0.15) is 19.8 Å². The van der Waals surface area contributed by atoms with Crippen LogP contribution in [0.5, 0.6) is 0 Å². The van der Waals surface area contributed by atoms with Gasteiger partial charge in [0.25, 0.3) is 10.2 Å². The Balaban J connectivity index is 4.38. The quantitative estimate of drug-likeness (QED) is 0.609. The molecular formula is C9H20N2O5S. The maximum atomic E-state index is 11.8. The van der Waals surface area contributed by atoms with Crippen molar-refractivity contribution in [2.24, 2.45) is 0 Å². The highest BCUT2D eigenvalue weighted by molar-refractivity contribution is 7.86. The Labute approximate surface area is 102 Å². The van der Waals surface area contributed by atoms with Crippen molar-refractivity contribution in [1.29, 1.82) is 0 Å². The van der Waals surface area contributed by atoms with Crippen molar-refractivity contribution in [3.8, 4) is 0 Å². The van der Waals surface area contributed by atoms with Crippen LogP contribution in [-0.4, -0.2) is 66.5 Å². The van der Waals surface area contributed by atoms with E-state index in [0.717, 1.165) is 8.61 Å². The van der Waals surface area contributed by atoms with Gasteiger partial charge in [-0.1, -0.05) is 0 Å². The van der Waals surface area contributed by atoms with E-state index in [0.29, 0.717) is 6.42 Å². The first-order valence-electron chi connectivity index (χ1n) is 5.25. The average Bonchev–Trinajstić information content (AvgIpc) is 2.21. The summed E-state index contributed by atoms with van der Waals surface area (Å²) < 4.78 is 25.8. The molecule has 0 saturated heterocycles. The molecule has 0 aromatic carbocycles. The normalized spacial score (nSPS) is 14.2. The average molecular weight is 268 g/mol. The Morgan fingerprint density at radius 1 is 1.24 bits per heavy atom. The third-order valence-electron chi connectivity index (χ3n) is 2.29. The van der Waals surface area contributed by atoms with E-state index in [2.05, 4.69) is 0 Å². The van der Waals surface area contributed by atoms with Crippen LogP contribution in [0.4, 0.5) is 0 Å². The lowest BCUT2D eigenvalue weighted by Gasteiger charge is -2.24. The molecule has 0 aromatic rings. The number of aliphatic hydroxyl groups is 1. The molecule has 0 bridgehead atoms. The van der Waals surface area contributed by atoms with Crippen LogP contribution in [0.3, 0.4) is 0 Å². The SMILES string of the molecule is CC(O)CCN(C)S(=O)(=O)N(C)CCC(=O)O. The minimum Gasteiger partial charge on any atom is -0.481 e. The molecule has 1 atom stereocenters. The minimum atomic E-state index is -3.64. The van der Waals surface area contributed by atoms with Crippen LogP contribution in [-0.2, 0) is 15.0 Å². The predicted octanol–water partition coefficient (Wildman–Crippen LogP) is -0.660. The zero-order valence-corrected chi connectivity index (χ0v) is 11.1. The van der Waals surface area contributed by atoms with Gasteiger partial charge in [0.1, 0.15) is 0 Å². The number of aliphatic carboxylic acids is 1. The van der Waals surface area contributed by atoms with Crippen molar-refractivity contribution < 1.29 is 23.4 Å². The number of hydrogen-bond acceptors (Lipinski definition) is 4. The van der Waals surface area contributed by atoms with Gasteiger partial charge >= 0.3 is 5.97 Å². The molecule has 7 nitrogen and oxygen atoms in total. The van der Waals surface area contributed by atoms with E-state index >= 15 is 0 Å². The van der Waals surface area contributed by atoms with Gasteiger partial charge in [0.2, 0.25) is 0 Å². The molecule has 0 aromatic heterocycles. The molecule has 0 aliphatic carbocycles. The Morgan fingerprint density at radius 2 is 1.71 bits per heavy atom. The summed E-state index contributed by atoms with van der Waals surface area (Å²) in [6, 6.07) is 0. The number of carboxylic acids is 1. The fourth-order valence-electron chi connectivity index (χ4n) is 1.09. The topological polar surface area (TPSA) is 98.2 Å². The van der Waals surface area contributed by atoms with E-state index in [1.54, 1.807) is 6.92 Å². The van der Waals surface area contributed by atoms with E-state index < -0.39 is 22.3 Å². The lowest BCUT2D eigenvalue weighted by Crippen LogP contribution is -2.41. The number of carboxylic acid groups (broad SMARTS) is 1. The fraction of sp³-hybridized carbons (Fsp3) is 0.889. The van der Waals surface area contributed by atoms with Gasteiger partial charge in [-0.3, -0.25) is 4.79 Å². The van der Waals surface area contributed by atoms with Gasteiger partial charge in [0.15, 0.2) is 0 Å². The van der Waals surface area contributed by atoms with E-state index in [1.807, 2.05) is 0 Å². The first-order valence-corrected chi connectivity index (χ1v) is 6.65. The molecule has 0 saturated carbocycles. The Bertz CT molecular complexity index is 341. The second kappa shape index (κ2) is 6.90. The van der Waals surface area contributed by atoms with Crippen LogP contribution in [0.15, 0.2) is 0 Å². The fourth-order valence-corrected chi connectivity index (χ4v) is 2.22. The van der Waals surface area contributed by atoms with E-state index in [1.165, 1.54) is 14.1 Å². The van der Waals surface area contributed by atoms with E-state index in [4.69, 9.17) is 10.2 Å². The van der Waals surface area contributed by atoms with Crippen LogP contribution >= 0.6 is 0 Å². The van der Waals surface area contributed by atoms with Crippen molar-refractivity contribution in [1.82, 2.24) is 8.61 Å². The maximum absolute atomic E-state index is 11.8. The van der Waals surface area contributed by atoms with Crippen LogP contribution in [0.2, 0.25) is 0 Å². The molecule has 0 rings (SSSR count). The summed E-state index contributed by atoms with van der Waals surface area (Å²) in [4.78, 5) is 10.3. The van der Waals surface area contributed by atoms with Crippen LogP contribution in [0, 0.1) is 0 Å². The molecule has 17 heavy (non-hydrogen) atoms. The van der Waals surface area contributed by atoms with Gasteiger partial charge in [0, 0.05) is 27.2 Å². The molecule has 0 aliphatic heterocycles. The summed E-state index contributed by atoms with van der Waals surface area (Å²) >= 11 is 0. The molecule has 0 heterocycles. The third-order valence-corrected chi connectivity index (χ3v) is 4.23. The molecule has 0 radical (unpaired) electrons. The number of hydrogen-bond donors (Lipinski definition) is 2. The van der Waals surface area contributed by atoms with Crippen molar-refractivity contribution in [2.75, 3.05) is 27.2 Å². The molecule has 0 spiro atoms. The molecule has 2 N–H and O–H groups in total. The first kappa shape index (κ1) is 16.3. The van der Waals surface area contributed by atoms with E-state index in [-0.39, 0.29) is 19.5 Å². The summed E-state index contributed by atoms with van der Waals surface area (Å²) in [6.45, 7) is 1.70. The number of carbonyl (C=O) groups is 1. The zero-order chi connectivity index (χ0) is 13.6. The van der Waals surface area contributed by atoms with Gasteiger partial charge in [0.05, 0.1) is 12.5 Å². The maximum Gasteiger partial charge on any atom is 0.304 e. The van der Waals surface area contributed by atoms with Crippen molar-refractivity contribution in [3.63, 3.8) is 0 Å². The van der Waals surface area contributed by atoms with Crippen LogP contribution < -0.4 is 0 Å². The Kier molecular flexibility index (Phi) is 6.61. The minimum absolute atomic E-state index is 0.0727. The molecule has 0 amide bonds. The van der Waals surface area contributed by atoms with Gasteiger partial charge < -0.3 is 10.2 Å². The third kappa shape index (κ3) is 5.97. The van der Waals surface area contributed by atoms with Gasteiger partial charge in [-0.05, 0) is 13.3 Å². The van der Waals surface area contributed by atoms with Crippen molar-refractivity contribution >= 4 is 16.2 Å². The number of nitrogens with zero attached hydrogens (tertiary/aromatic N) is 2. The second-order valence-electron chi connectivity index (χ2n) is 3.93. The Hall–Kier alpha value is -0.700. The predicted molar refractivity (Wildman–Crippen MR) is 62.7 cm³/mol. The van der Waals surface area contributed by atoms with Gasteiger partial charge in [-0.25, -0.2) is 0 Å². The molecule has 1 unspecified atom stereocenters.